The van der Waals surface area contributed by atoms with Crippen LogP contribution in [0, 0.1) is 0 Å². The van der Waals surface area contributed by atoms with Gasteiger partial charge in [-0.05, 0) is 25.5 Å². The van der Waals surface area contributed by atoms with Crippen LogP contribution in [-0.2, 0) is 4.79 Å². The standard InChI is InChI=1S/C13H16N2O6/c1-3-13(14,15)12(20)21-8-5-4-7(11(18)19)10(17)9(8)6(2)16/h4-5,17H,3,14-15H2,1-2H3,(H,18,19). The average molecular weight is 296 g/mol. The lowest BCUT2D eigenvalue weighted by Gasteiger charge is -2.21. The van der Waals surface area contributed by atoms with Gasteiger partial charge in [-0.25, -0.2) is 9.59 Å². The summed E-state index contributed by atoms with van der Waals surface area (Å²) < 4.78 is 4.92. The van der Waals surface area contributed by atoms with Crippen molar-refractivity contribution in [3.63, 3.8) is 0 Å². The summed E-state index contributed by atoms with van der Waals surface area (Å²) in [4.78, 5) is 34.3. The van der Waals surface area contributed by atoms with Crippen molar-refractivity contribution in [1.29, 1.82) is 0 Å². The summed E-state index contributed by atoms with van der Waals surface area (Å²) in [6, 6.07) is 2.09. The van der Waals surface area contributed by atoms with Crippen molar-refractivity contribution in [2.24, 2.45) is 11.5 Å². The predicted octanol–water partition coefficient (Wildman–Crippen LogP) is 0.222. The molecule has 8 heteroatoms. The number of esters is 1. The first-order chi connectivity index (χ1) is 9.61. The number of carbonyl (C=O) groups excluding carboxylic acids is 2. The van der Waals surface area contributed by atoms with Crippen LogP contribution >= 0.6 is 0 Å². The van der Waals surface area contributed by atoms with E-state index >= 15 is 0 Å². The molecule has 0 atom stereocenters. The summed E-state index contributed by atoms with van der Waals surface area (Å²) in [6.45, 7) is 2.66. The molecular weight excluding hydrogens is 280 g/mol. The average Bonchev–Trinajstić information content (AvgIpc) is 2.37. The van der Waals surface area contributed by atoms with Crippen molar-refractivity contribution in [1.82, 2.24) is 0 Å². The number of carbonyl (C=O) groups is 3. The normalized spacial score (nSPS) is 11.0. The Morgan fingerprint density at radius 2 is 1.86 bits per heavy atom. The van der Waals surface area contributed by atoms with Crippen molar-refractivity contribution in [3.8, 4) is 11.5 Å². The van der Waals surface area contributed by atoms with Gasteiger partial charge in [-0.15, -0.1) is 0 Å². The van der Waals surface area contributed by atoms with Gasteiger partial charge in [0.2, 0.25) is 0 Å². The Morgan fingerprint density at radius 1 is 1.29 bits per heavy atom. The fourth-order valence-corrected chi connectivity index (χ4v) is 1.51. The van der Waals surface area contributed by atoms with Crippen LogP contribution in [0.1, 0.15) is 41.0 Å². The van der Waals surface area contributed by atoms with Crippen molar-refractivity contribution >= 4 is 17.7 Å². The summed E-state index contributed by atoms with van der Waals surface area (Å²) >= 11 is 0. The van der Waals surface area contributed by atoms with Gasteiger partial charge in [0.25, 0.3) is 0 Å². The Labute approximate surface area is 120 Å². The van der Waals surface area contributed by atoms with Crippen LogP contribution in [0.5, 0.6) is 11.5 Å². The minimum Gasteiger partial charge on any atom is -0.506 e. The SMILES string of the molecule is CCC(N)(N)C(=O)Oc1ccc(C(=O)O)c(O)c1C(C)=O. The molecule has 0 unspecified atom stereocenters. The van der Waals surface area contributed by atoms with E-state index in [9.17, 15) is 19.5 Å². The number of hydrogen-bond donors (Lipinski definition) is 4. The van der Waals surface area contributed by atoms with Crippen LogP contribution in [0.4, 0.5) is 0 Å². The maximum absolute atomic E-state index is 11.8. The molecule has 0 radical (unpaired) electrons. The number of benzene rings is 1. The third-order valence-electron chi connectivity index (χ3n) is 2.89. The van der Waals surface area contributed by atoms with E-state index in [-0.39, 0.29) is 12.2 Å². The molecule has 1 aromatic rings. The fraction of sp³-hybridized carbons (Fsp3) is 0.308. The molecule has 0 bridgehead atoms. The molecule has 0 aliphatic carbocycles. The number of rotatable bonds is 5. The smallest absolute Gasteiger partial charge is 0.346 e. The third kappa shape index (κ3) is 3.36. The minimum absolute atomic E-state index is 0.0838. The molecule has 21 heavy (non-hydrogen) atoms. The van der Waals surface area contributed by atoms with Gasteiger partial charge in [0.05, 0.1) is 0 Å². The number of ether oxygens (including phenoxy) is 1. The number of nitrogens with two attached hydrogens (primary N) is 2. The van der Waals surface area contributed by atoms with E-state index in [2.05, 4.69) is 0 Å². The molecule has 0 aliphatic rings. The van der Waals surface area contributed by atoms with E-state index in [1.807, 2.05) is 0 Å². The number of hydrogen-bond acceptors (Lipinski definition) is 7. The van der Waals surface area contributed by atoms with Gasteiger partial charge in [0.1, 0.15) is 22.6 Å². The highest BCUT2D eigenvalue weighted by Crippen LogP contribution is 2.32. The monoisotopic (exact) mass is 296 g/mol. The number of Topliss-reactive ketones (excluding diaryl/α,β-unsaturated/α-hetero) is 1. The molecule has 0 saturated heterocycles. The van der Waals surface area contributed by atoms with Gasteiger partial charge in [-0.2, -0.15) is 0 Å². The highest BCUT2D eigenvalue weighted by molar-refractivity contribution is 6.04. The highest BCUT2D eigenvalue weighted by atomic mass is 16.5. The first-order valence-electron chi connectivity index (χ1n) is 6.02. The zero-order chi connectivity index (χ0) is 16.4. The third-order valence-corrected chi connectivity index (χ3v) is 2.89. The molecule has 0 saturated carbocycles. The van der Waals surface area contributed by atoms with Crippen molar-refractivity contribution in [3.05, 3.63) is 23.3 Å². The summed E-state index contributed by atoms with van der Waals surface area (Å²) in [5.41, 5.74) is 8.36. The molecule has 0 fully saturated rings. The zero-order valence-corrected chi connectivity index (χ0v) is 11.5. The van der Waals surface area contributed by atoms with E-state index in [0.29, 0.717) is 0 Å². The van der Waals surface area contributed by atoms with Gasteiger partial charge < -0.3 is 26.4 Å². The van der Waals surface area contributed by atoms with E-state index in [1.54, 1.807) is 6.92 Å². The summed E-state index contributed by atoms with van der Waals surface area (Å²) in [5, 5.41) is 18.7. The molecule has 114 valence electrons. The van der Waals surface area contributed by atoms with Gasteiger partial charge in [-0.1, -0.05) is 6.92 Å². The largest absolute Gasteiger partial charge is 0.506 e. The molecule has 1 rings (SSSR count). The van der Waals surface area contributed by atoms with Crippen LogP contribution in [0.15, 0.2) is 12.1 Å². The Kier molecular flexibility index (Phi) is 4.66. The second-order valence-corrected chi connectivity index (χ2v) is 4.48. The number of carboxylic acid groups (broad SMARTS) is 1. The Hall–Kier alpha value is -2.45. The molecule has 0 amide bonds. The Bertz CT molecular complexity index is 609. The quantitative estimate of drug-likeness (QED) is 0.260. The number of carboxylic acids is 1. The van der Waals surface area contributed by atoms with Gasteiger partial charge in [-0.3, -0.25) is 4.79 Å². The number of ketones is 1. The number of phenols is 1. The maximum atomic E-state index is 11.8. The fourth-order valence-electron chi connectivity index (χ4n) is 1.51. The lowest BCUT2D eigenvalue weighted by molar-refractivity contribution is -0.140. The van der Waals surface area contributed by atoms with Crippen LogP contribution < -0.4 is 16.2 Å². The highest BCUT2D eigenvalue weighted by Gasteiger charge is 2.31. The molecule has 1 aromatic carbocycles. The van der Waals surface area contributed by atoms with Crippen LogP contribution in [0.25, 0.3) is 0 Å². The molecule has 6 N–H and O–H groups in total. The van der Waals surface area contributed by atoms with Gasteiger partial charge in [0, 0.05) is 0 Å². The Balaban J connectivity index is 3.32. The second-order valence-electron chi connectivity index (χ2n) is 4.48. The van der Waals surface area contributed by atoms with Gasteiger partial charge >= 0.3 is 11.9 Å². The first-order valence-corrected chi connectivity index (χ1v) is 6.02. The minimum atomic E-state index is -1.75. The zero-order valence-electron chi connectivity index (χ0n) is 11.5. The van der Waals surface area contributed by atoms with Crippen molar-refractivity contribution < 1.29 is 29.3 Å². The molecular formula is C13H16N2O6. The van der Waals surface area contributed by atoms with E-state index in [1.165, 1.54) is 0 Å². The lowest BCUT2D eigenvalue weighted by Crippen LogP contribution is -2.57. The van der Waals surface area contributed by atoms with Crippen LogP contribution in [0.3, 0.4) is 0 Å². The van der Waals surface area contributed by atoms with Crippen molar-refractivity contribution in [2.75, 3.05) is 0 Å². The summed E-state index contributed by atoms with van der Waals surface area (Å²) in [6.07, 6.45) is 0.0838. The molecule has 0 heterocycles. The second kappa shape index (κ2) is 5.90. The van der Waals surface area contributed by atoms with Crippen LogP contribution in [-0.4, -0.2) is 33.6 Å². The van der Waals surface area contributed by atoms with E-state index in [4.69, 9.17) is 21.3 Å². The topological polar surface area (TPSA) is 153 Å². The summed E-state index contributed by atoms with van der Waals surface area (Å²) in [7, 11) is 0. The molecule has 8 nitrogen and oxygen atoms in total. The van der Waals surface area contributed by atoms with Crippen LogP contribution in [0.2, 0.25) is 0 Å². The molecule has 0 spiro atoms. The molecule has 0 aliphatic heterocycles. The number of aromatic carboxylic acids is 1. The van der Waals surface area contributed by atoms with Crippen molar-refractivity contribution in [2.45, 2.75) is 25.9 Å². The van der Waals surface area contributed by atoms with Gasteiger partial charge in [0.15, 0.2) is 11.4 Å². The molecule has 0 aromatic heterocycles. The maximum Gasteiger partial charge on any atom is 0.346 e. The Morgan fingerprint density at radius 3 is 2.29 bits per heavy atom. The first kappa shape index (κ1) is 16.6. The van der Waals surface area contributed by atoms with E-state index in [0.717, 1.165) is 19.1 Å². The van der Waals surface area contributed by atoms with E-state index < -0.39 is 40.3 Å². The lowest BCUT2D eigenvalue weighted by atomic mass is 10.0. The predicted molar refractivity (Wildman–Crippen MR) is 72.1 cm³/mol. The summed E-state index contributed by atoms with van der Waals surface area (Å²) in [5.74, 6) is -4.18. The number of aromatic hydroxyl groups is 1.